The van der Waals surface area contributed by atoms with Gasteiger partial charge >= 0.3 is 5.69 Å². The lowest BCUT2D eigenvalue weighted by Gasteiger charge is -2.37. The molecule has 4 aromatic heterocycles. The van der Waals surface area contributed by atoms with Gasteiger partial charge in [-0.25, -0.2) is 9.78 Å². The summed E-state index contributed by atoms with van der Waals surface area (Å²) in [6, 6.07) is 5.44. The Morgan fingerprint density at radius 2 is 1.97 bits per heavy atom. The third-order valence-corrected chi connectivity index (χ3v) is 5.44. The van der Waals surface area contributed by atoms with E-state index in [-0.39, 0.29) is 29.5 Å². The lowest BCUT2D eigenvalue weighted by molar-refractivity contribution is -0.136. The summed E-state index contributed by atoms with van der Waals surface area (Å²) < 4.78 is 9.09. The first-order valence-corrected chi connectivity index (χ1v) is 9.57. The molecule has 1 fully saturated rings. The molecule has 5 heterocycles. The maximum atomic E-state index is 12.7. The van der Waals surface area contributed by atoms with Gasteiger partial charge in [0.15, 0.2) is 11.2 Å². The Kier molecular flexibility index (Phi) is 4.27. The highest BCUT2D eigenvalue weighted by Gasteiger charge is 2.36. The van der Waals surface area contributed by atoms with E-state index in [9.17, 15) is 14.4 Å². The van der Waals surface area contributed by atoms with Gasteiger partial charge in [0.2, 0.25) is 17.6 Å². The van der Waals surface area contributed by atoms with Crippen LogP contribution in [0.5, 0.6) is 0 Å². The van der Waals surface area contributed by atoms with E-state index >= 15 is 0 Å². The topological polar surface area (TPSA) is 134 Å². The molecule has 1 aliphatic rings. The molecule has 4 aromatic rings. The van der Waals surface area contributed by atoms with Crippen molar-refractivity contribution in [2.75, 3.05) is 13.1 Å². The molecule has 12 heteroatoms. The molecule has 0 aromatic carbocycles. The summed E-state index contributed by atoms with van der Waals surface area (Å²) in [5.41, 5.74) is 0.122. The fourth-order valence-electron chi connectivity index (χ4n) is 3.60. The Labute approximate surface area is 174 Å². The molecule has 0 aliphatic carbocycles. The highest BCUT2D eigenvalue weighted by Crippen LogP contribution is 2.27. The van der Waals surface area contributed by atoms with Crippen LogP contribution < -0.4 is 11.2 Å². The molecule has 5 rings (SSSR count). The number of carbonyl (C=O) groups excluding carboxylic acids is 1. The molecular weight excluding hydrogens is 404 g/mol. The van der Waals surface area contributed by atoms with Gasteiger partial charge in [0, 0.05) is 33.4 Å². The van der Waals surface area contributed by atoms with E-state index in [4.69, 9.17) is 4.52 Å². The van der Waals surface area contributed by atoms with Crippen LogP contribution in [0.25, 0.3) is 22.7 Å². The third-order valence-electron chi connectivity index (χ3n) is 5.44. The minimum atomic E-state index is -0.488. The number of nitrogens with zero attached hydrogens (tertiary/aromatic N) is 8. The van der Waals surface area contributed by atoms with Crippen LogP contribution in [0.4, 0.5) is 0 Å². The first kappa shape index (κ1) is 18.9. The highest BCUT2D eigenvalue weighted by molar-refractivity contribution is 5.79. The first-order chi connectivity index (χ1) is 14.9. The number of pyridine rings is 1. The van der Waals surface area contributed by atoms with Crippen LogP contribution in [-0.4, -0.2) is 57.7 Å². The number of imidazole rings is 1. The lowest BCUT2D eigenvalue weighted by atomic mass is 10.00. The number of amides is 1. The van der Waals surface area contributed by atoms with E-state index < -0.39 is 11.2 Å². The second kappa shape index (κ2) is 7.00. The van der Waals surface area contributed by atoms with Gasteiger partial charge < -0.3 is 14.0 Å². The van der Waals surface area contributed by atoms with Crippen LogP contribution in [0.3, 0.4) is 0 Å². The average molecular weight is 422 g/mol. The number of aryl methyl sites for hydroxylation is 1. The smallest absolute Gasteiger partial charge is 0.332 e. The van der Waals surface area contributed by atoms with Crippen molar-refractivity contribution in [1.29, 1.82) is 0 Å². The first-order valence-electron chi connectivity index (χ1n) is 9.57. The monoisotopic (exact) mass is 422 g/mol. The van der Waals surface area contributed by atoms with Crippen molar-refractivity contribution in [3.05, 3.63) is 57.5 Å². The number of likely N-dealkylation sites (tertiary alicyclic amines) is 1. The Bertz CT molecular complexity index is 1410. The summed E-state index contributed by atoms with van der Waals surface area (Å²) in [6.45, 7) is 0.817. The molecule has 158 valence electrons. The largest absolute Gasteiger partial charge is 0.339 e. The molecule has 0 radical (unpaired) electrons. The summed E-state index contributed by atoms with van der Waals surface area (Å²) in [7, 11) is 2.93. The van der Waals surface area contributed by atoms with Gasteiger partial charge in [-0.1, -0.05) is 11.2 Å². The van der Waals surface area contributed by atoms with Gasteiger partial charge in [-0.15, -0.1) is 0 Å². The fourth-order valence-corrected chi connectivity index (χ4v) is 3.60. The molecule has 0 N–H and O–H groups in total. The van der Waals surface area contributed by atoms with E-state index in [1.807, 2.05) is 6.07 Å². The number of carbonyl (C=O) groups is 1. The normalized spacial score (nSPS) is 14.2. The zero-order chi connectivity index (χ0) is 21.7. The highest BCUT2D eigenvalue weighted by atomic mass is 16.5. The minimum Gasteiger partial charge on any atom is -0.339 e. The van der Waals surface area contributed by atoms with Gasteiger partial charge in [0.25, 0.3) is 5.56 Å². The van der Waals surface area contributed by atoms with Gasteiger partial charge in [0.1, 0.15) is 12.2 Å². The van der Waals surface area contributed by atoms with Crippen molar-refractivity contribution in [1.82, 2.24) is 38.7 Å². The van der Waals surface area contributed by atoms with Crippen molar-refractivity contribution in [2.24, 2.45) is 14.1 Å². The Balaban J connectivity index is 1.29. The zero-order valence-corrected chi connectivity index (χ0v) is 16.8. The number of hydrogen-bond acceptors (Lipinski definition) is 8. The predicted octanol–water partition coefficient (Wildman–Crippen LogP) is -0.495. The lowest BCUT2D eigenvalue weighted by Crippen LogP contribution is -2.49. The summed E-state index contributed by atoms with van der Waals surface area (Å²) in [5.74, 6) is 0.645. The van der Waals surface area contributed by atoms with Gasteiger partial charge in [-0.3, -0.25) is 23.7 Å². The summed E-state index contributed by atoms with van der Waals surface area (Å²) in [4.78, 5) is 51.6. The van der Waals surface area contributed by atoms with Crippen molar-refractivity contribution < 1.29 is 9.32 Å². The molecular formula is C19H18N8O4. The van der Waals surface area contributed by atoms with E-state index in [2.05, 4.69) is 20.1 Å². The Hall–Kier alpha value is -4.09. The molecule has 1 amide bonds. The summed E-state index contributed by atoms with van der Waals surface area (Å²) >= 11 is 0. The van der Waals surface area contributed by atoms with Gasteiger partial charge in [-0.2, -0.15) is 4.98 Å². The average Bonchev–Trinajstić information content (AvgIpc) is 3.38. The summed E-state index contributed by atoms with van der Waals surface area (Å²) in [6.07, 6.45) is 3.05. The Morgan fingerprint density at radius 3 is 2.71 bits per heavy atom. The summed E-state index contributed by atoms with van der Waals surface area (Å²) in [5, 5.41) is 3.96. The van der Waals surface area contributed by atoms with Gasteiger partial charge in [-0.05, 0) is 12.1 Å². The fraction of sp³-hybridized carbons (Fsp3) is 0.316. The molecule has 0 spiro atoms. The quantitative estimate of drug-likeness (QED) is 0.430. The van der Waals surface area contributed by atoms with Crippen LogP contribution in [0.15, 0.2) is 44.8 Å². The van der Waals surface area contributed by atoms with Crippen molar-refractivity contribution in [3.8, 4) is 11.5 Å². The van der Waals surface area contributed by atoms with Crippen LogP contribution in [-0.2, 0) is 25.4 Å². The van der Waals surface area contributed by atoms with Crippen LogP contribution in [0.2, 0.25) is 0 Å². The molecule has 12 nitrogen and oxygen atoms in total. The van der Waals surface area contributed by atoms with Crippen molar-refractivity contribution in [2.45, 2.75) is 12.5 Å². The SMILES string of the molecule is Cn1c(=O)c2c(ncn2CC(=O)N2CC(c3nc(-c4ccccn4)no3)C2)n(C)c1=O. The van der Waals surface area contributed by atoms with E-state index in [0.717, 1.165) is 4.57 Å². The predicted molar refractivity (Wildman–Crippen MR) is 107 cm³/mol. The van der Waals surface area contributed by atoms with E-state index in [1.165, 1.54) is 29.6 Å². The minimum absolute atomic E-state index is 0.0536. The molecule has 1 aliphatic heterocycles. The second-order valence-corrected chi connectivity index (χ2v) is 7.42. The maximum Gasteiger partial charge on any atom is 0.332 e. The van der Waals surface area contributed by atoms with Crippen LogP contribution in [0, 0.1) is 0 Å². The number of aromatic nitrogens is 7. The molecule has 1 saturated heterocycles. The molecule has 0 saturated carbocycles. The standard InChI is InChI=1S/C19H18N8O4/c1-24-16-14(18(29)25(2)19(24)30)27(10-21-16)9-13(28)26-7-11(8-26)17-22-15(23-31-17)12-5-3-4-6-20-12/h3-6,10-11H,7-9H2,1-2H3. The van der Waals surface area contributed by atoms with Gasteiger partial charge in [0.05, 0.1) is 12.2 Å². The second-order valence-electron chi connectivity index (χ2n) is 7.42. The van der Waals surface area contributed by atoms with Crippen molar-refractivity contribution in [3.63, 3.8) is 0 Å². The molecule has 0 atom stereocenters. The maximum absolute atomic E-state index is 12.7. The van der Waals surface area contributed by atoms with E-state index in [0.29, 0.717) is 30.5 Å². The van der Waals surface area contributed by atoms with E-state index in [1.54, 1.807) is 23.2 Å². The molecule has 0 bridgehead atoms. The third kappa shape index (κ3) is 3.03. The molecule has 0 unspecified atom stereocenters. The molecule has 31 heavy (non-hydrogen) atoms. The Morgan fingerprint density at radius 1 is 1.16 bits per heavy atom. The number of rotatable bonds is 4. The zero-order valence-electron chi connectivity index (χ0n) is 16.8. The van der Waals surface area contributed by atoms with Crippen LogP contribution >= 0.6 is 0 Å². The number of fused-ring (bicyclic) bond motifs is 1. The number of hydrogen-bond donors (Lipinski definition) is 0. The van der Waals surface area contributed by atoms with Crippen LogP contribution in [0.1, 0.15) is 11.8 Å². The van der Waals surface area contributed by atoms with Crippen molar-refractivity contribution >= 4 is 17.1 Å².